The first-order valence-electron chi connectivity index (χ1n) is 9.88. The van der Waals surface area contributed by atoms with Crippen molar-refractivity contribution in [2.24, 2.45) is 5.92 Å². The van der Waals surface area contributed by atoms with Crippen LogP contribution in [-0.4, -0.2) is 8.80 Å². The second kappa shape index (κ2) is 15.5. The Morgan fingerprint density at radius 1 is 0.806 bits per heavy atom. The van der Waals surface area contributed by atoms with Crippen molar-refractivity contribution in [2.45, 2.75) is 61.9 Å². The Labute approximate surface area is 226 Å². The maximum absolute atomic E-state index is 3.36. The Kier molecular flexibility index (Phi) is 17.7. The zero-order chi connectivity index (χ0) is 20.3. The molecule has 0 saturated carbocycles. The van der Waals surface area contributed by atoms with Gasteiger partial charge in [0.05, 0.1) is 0 Å². The molecule has 1 aliphatic rings. The van der Waals surface area contributed by atoms with Crippen molar-refractivity contribution in [2.75, 3.05) is 0 Å². The van der Waals surface area contributed by atoms with E-state index in [4.69, 9.17) is 0 Å². The molecule has 31 heavy (non-hydrogen) atoms. The average molecular weight is 532 g/mol. The molecule has 0 spiro atoms. The van der Waals surface area contributed by atoms with E-state index < -0.39 is 8.80 Å². The van der Waals surface area contributed by atoms with Gasteiger partial charge in [-0.25, -0.2) is 5.57 Å². The minimum absolute atomic E-state index is 0. The van der Waals surface area contributed by atoms with Gasteiger partial charge in [0.2, 0.25) is 0 Å². The third-order valence-electron chi connectivity index (χ3n) is 5.90. The Bertz CT molecular complexity index is 883. The number of aryl methyl sites for hydroxylation is 3. The molecule has 1 radical (unpaired) electrons. The summed E-state index contributed by atoms with van der Waals surface area (Å²) in [5, 5.41) is 3.07. The van der Waals surface area contributed by atoms with E-state index >= 15 is 0 Å². The van der Waals surface area contributed by atoms with E-state index in [-0.39, 0.29) is 58.9 Å². The van der Waals surface area contributed by atoms with Crippen molar-refractivity contribution in [3.8, 4) is 0 Å². The van der Waals surface area contributed by atoms with E-state index in [0.29, 0.717) is 5.92 Å². The Morgan fingerprint density at radius 2 is 1.32 bits per heavy atom. The minimum atomic E-state index is -0.641. The van der Waals surface area contributed by atoms with Gasteiger partial charge in [-0.2, -0.15) is 11.1 Å². The van der Waals surface area contributed by atoms with Crippen LogP contribution in [0.1, 0.15) is 49.9 Å². The van der Waals surface area contributed by atoms with Crippen molar-refractivity contribution in [1.82, 2.24) is 0 Å². The number of benzene rings is 2. The van der Waals surface area contributed by atoms with Crippen molar-refractivity contribution in [3.63, 3.8) is 0 Å². The summed E-state index contributed by atoms with van der Waals surface area (Å²) in [5.74, 6) is 0.560. The molecule has 2 aromatic carbocycles. The zero-order valence-corrected chi connectivity index (χ0v) is 25.3. The molecular weight excluding hydrogens is 495 g/mol. The van der Waals surface area contributed by atoms with Crippen LogP contribution in [0.15, 0.2) is 53.1 Å². The van der Waals surface area contributed by atoms with Crippen LogP contribution in [0.5, 0.6) is 0 Å². The smallest absolute Gasteiger partial charge is 0.118 e. The minimum Gasteiger partial charge on any atom is -0.266 e. The van der Waals surface area contributed by atoms with Gasteiger partial charge in [-0.1, -0.05) is 91.1 Å². The number of rotatable bonds is 2. The molecule has 0 bridgehead atoms. The first kappa shape index (κ1) is 35.3. The van der Waals surface area contributed by atoms with Gasteiger partial charge < -0.3 is 0 Å². The largest absolute Gasteiger partial charge is 0.266 e. The summed E-state index contributed by atoms with van der Waals surface area (Å²) in [6.07, 6.45) is 3.36. The average Bonchev–Trinajstić information content (AvgIpc) is 2.82. The second-order valence-electron chi connectivity index (χ2n) is 8.05. The number of halogens is 3. The molecule has 171 valence electrons. The molecule has 1 aliphatic carbocycles. The van der Waals surface area contributed by atoms with E-state index in [1.165, 1.54) is 44.2 Å². The third kappa shape index (κ3) is 9.24. The van der Waals surface area contributed by atoms with Crippen molar-refractivity contribution in [3.05, 3.63) is 81.4 Å². The van der Waals surface area contributed by atoms with Gasteiger partial charge >= 0.3 is 0 Å². The second-order valence-corrected chi connectivity index (χ2v) is 10.4. The number of allylic oxidation sites excluding steroid dienone is 4. The molecule has 1 unspecified atom stereocenters. The number of hydrogen-bond donors (Lipinski definition) is 0. The van der Waals surface area contributed by atoms with E-state index in [1.54, 1.807) is 5.19 Å². The summed E-state index contributed by atoms with van der Waals surface area (Å²) in [6.45, 7) is 19.9. The van der Waals surface area contributed by atoms with Crippen LogP contribution in [0, 0.1) is 39.7 Å². The van der Waals surface area contributed by atoms with Crippen molar-refractivity contribution < 1.29 is 21.7 Å². The monoisotopic (exact) mass is 530 g/mol. The van der Waals surface area contributed by atoms with Crippen LogP contribution in [-0.2, 0) is 21.7 Å². The maximum Gasteiger partial charge on any atom is 0.118 e. The van der Waals surface area contributed by atoms with E-state index in [2.05, 4.69) is 104 Å². The van der Waals surface area contributed by atoms with Gasteiger partial charge in [-0.15, -0.1) is 44.1 Å². The first-order valence-corrected chi connectivity index (χ1v) is 11.9. The zero-order valence-electron chi connectivity index (χ0n) is 20.3. The molecule has 0 saturated heterocycles. The number of hydrogen-bond acceptors (Lipinski definition) is 0. The molecule has 0 fully saturated rings. The topological polar surface area (TPSA) is 0 Å². The van der Waals surface area contributed by atoms with E-state index in [1.807, 2.05) is 0 Å². The van der Waals surface area contributed by atoms with Crippen LogP contribution in [0.25, 0.3) is 0 Å². The van der Waals surface area contributed by atoms with Crippen LogP contribution >= 0.6 is 37.2 Å². The summed E-state index contributed by atoms with van der Waals surface area (Å²) < 4.78 is 0. The van der Waals surface area contributed by atoms with Gasteiger partial charge in [-0.3, -0.25) is 6.08 Å². The summed E-state index contributed by atoms with van der Waals surface area (Å²) >= 11 is 0. The van der Waals surface area contributed by atoms with Gasteiger partial charge in [0, 0.05) is 21.7 Å². The summed E-state index contributed by atoms with van der Waals surface area (Å²) in [4.78, 5) is 0. The molecule has 0 heterocycles. The fraction of sp³-hybridized carbons (Fsp3) is 0.385. The van der Waals surface area contributed by atoms with E-state index in [0.717, 1.165) is 0 Å². The summed E-state index contributed by atoms with van der Waals surface area (Å²) in [7, 11) is -0.641. The molecule has 3 rings (SSSR count). The SMILES string of the molecule is CC1=[C-]C(C)C(C)=C1C.Cc1cc(C)cc([Si](C)c2cccc(C)c2C)c1.Cl.Cl.Cl.[Ti]. The van der Waals surface area contributed by atoms with Crippen LogP contribution < -0.4 is 10.4 Å². The molecule has 2 aromatic rings. The molecule has 0 N–H and O–H groups in total. The van der Waals surface area contributed by atoms with Gasteiger partial charge in [0.1, 0.15) is 8.80 Å². The Hall–Kier alpha value is -0.279. The van der Waals surface area contributed by atoms with Crippen molar-refractivity contribution >= 4 is 56.4 Å². The van der Waals surface area contributed by atoms with Gasteiger partial charge in [0.15, 0.2) is 0 Å². The fourth-order valence-electron chi connectivity index (χ4n) is 3.67. The molecule has 1 atom stereocenters. The molecule has 0 aliphatic heterocycles. The fourth-order valence-corrected chi connectivity index (χ4v) is 5.97. The molecule has 0 aromatic heterocycles. The van der Waals surface area contributed by atoms with E-state index in [9.17, 15) is 0 Å². The first-order chi connectivity index (χ1) is 12.6. The Morgan fingerprint density at radius 3 is 1.71 bits per heavy atom. The van der Waals surface area contributed by atoms with Gasteiger partial charge in [-0.05, 0) is 38.8 Å². The standard InChI is InChI=1S/C17H21Si.C9H13.3ClH.Ti/c1-12-9-13(2)11-16(10-12)18(5)17-8-6-7-14(3)15(17)4;1-6-5-7(2)9(4)8(6)3;;;;/h6-11H,1-5H3;6H,1-4H3;3*1H;/q;-1;;;;. The Balaban J connectivity index is -0.000000524. The maximum atomic E-state index is 3.36. The van der Waals surface area contributed by atoms with Crippen molar-refractivity contribution in [1.29, 1.82) is 0 Å². The van der Waals surface area contributed by atoms with Crippen LogP contribution in [0.4, 0.5) is 0 Å². The molecule has 0 nitrogen and oxygen atoms in total. The predicted octanol–water partition coefficient (Wildman–Crippen LogP) is 7.14. The van der Waals surface area contributed by atoms with Crippen LogP contribution in [0.3, 0.4) is 0 Å². The predicted molar refractivity (Wildman–Crippen MR) is 144 cm³/mol. The normalized spacial score (nSPS) is 14.3. The summed E-state index contributed by atoms with van der Waals surface area (Å²) in [5.41, 5.74) is 9.86. The third-order valence-corrected chi connectivity index (χ3v) is 8.40. The summed E-state index contributed by atoms with van der Waals surface area (Å²) in [6, 6.07) is 13.6. The molecule has 5 heteroatoms. The quantitative estimate of drug-likeness (QED) is 0.285. The van der Waals surface area contributed by atoms with Crippen LogP contribution in [0.2, 0.25) is 6.55 Å². The molecule has 0 amide bonds. The molecular formula is C26H37Cl3SiTi-. The van der Waals surface area contributed by atoms with Gasteiger partial charge in [0.25, 0.3) is 0 Å².